The first-order valence-corrected chi connectivity index (χ1v) is 9.13. The van der Waals surface area contributed by atoms with Gasteiger partial charge >= 0.3 is 11.9 Å². The number of cyclic esters (lactones) is 1. The first-order chi connectivity index (χ1) is 14.1. The minimum absolute atomic E-state index is 0.161. The topological polar surface area (TPSA) is 65.0 Å². The van der Waals surface area contributed by atoms with Crippen LogP contribution in [0.1, 0.15) is 21.5 Å². The maximum atomic E-state index is 12.1. The first-order valence-electron chi connectivity index (χ1n) is 8.75. The first kappa shape index (κ1) is 18.7. The van der Waals surface area contributed by atoms with Crippen molar-refractivity contribution in [1.82, 2.24) is 0 Å². The highest BCUT2D eigenvalue weighted by molar-refractivity contribution is 6.34. The summed E-state index contributed by atoms with van der Waals surface area (Å²) >= 11 is 6.13. The van der Waals surface area contributed by atoms with Crippen LogP contribution in [0.5, 0.6) is 5.75 Å². The average Bonchev–Trinajstić information content (AvgIpc) is 3.10. The summed E-state index contributed by atoms with van der Waals surface area (Å²) < 4.78 is 10.6. The summed E-state index contributed by atoms with van der Waals surface area (Å²) in [7, 11) is 0. The number of carbonyl (C=O) groups is 2. The summed E-state index contributed by atoms with van der Waals surface area (Å²) in [6, 6.07) is 22.5. The number of benzene rings is 3. The number of halogens is 1. The molecule has 3 aromatic carbocycles. The van der Waals surface area contributed by atoms with Gasteiger partial charge in [0.15, 0.2) is 5.70 Å². The molecule has 0 saturated carbocycles. The Balaban J connectivity index is 1.51. The fourth-order valence-electron chi connectivity index (χ4n) is 2.69. The number of hydrogen-bond acceptors (Lipinski definition) is 5. The second-order valence-corrected chi connectivity index (χ2v) is 6.55. The molecule has 0 atom stereocenters. The summed E-state index contributed by atoms with van der Waals surface area (Å²) in [4.78, 5) is 28.5. The van der Waals surface area contributed by atoms with E-state index in [1.54, 1.807) is 78.9 Å². The summed E-state index contributed by atoms with van der Waals surface area (Å²) in [5, 5.41) is 0.449. The molecule has 1 aliphatic rings. The van der Waals surface area contributed by atoms with E-state index in [0.717, 1.165) is 0 Å². The highest BCUT2D eigenvalue weighted by Gasteiger charge is 2.25. The van der Waals surface area contributed by atoms with Gasteiger partial charge in [0.1, 0.15) is 5.75 Å². The van der Waals surface area contributed by atoms with Crippen molar-refractivity contribution >= 4 is 35.5 Å². The molecular formula is C23H14ClNO4. The Morgan fingerprint density at radius 1 is 0.931 bits per heavy atom. The van der Waals surface area contributed by atoms with Gasteiger partial charge in [0.05, 0.1) is 16.1 Å². The van der Waals surface area contributed by atoms with Crippen LogP contribution >= 0.6 is 11.6 Å². The van der Waals surface area contributed by atoms with E-state index in [9.17, 15) is 9.59 Å². The third kappa shape index (κ3) is 4.25. The van der Waals surface area contributed by atoms with Gasteiger partial charge in [-0.05, 0) is 48.0 Å². The van der Waals surface area contributed by atoms with E-state index in [1.807, 2.05) is 6.07 Å². The van der Waals surface area contributed by atoms with Gasteiger partial charge in [0, 0.05) is 0 Å². The zero-order valence-electron chi connectivity index (χ0n) is 15.0. The van der Waals surface area contributed by atoms with Crippen LogP contribution in [0.4, 0.5) is 0 Å². The van der Waals surface area contributed by atoms with Crippen molar-refractivity contribution < 1.29 is 19.1 Å². The Morgan fingerprint density at radius 3 is 2.34 bits per heavy atom. The highest BCUT2D eigenvalue weighted by Crippen LogP contribution is 2.24. The fraction of sp³-hybridized carbons (Fsp3) is 0. The van der Waals surface area contributed by atoms with Crippen molar-refractivity contribution in [2.45, 2.75) is 0 Å². The van der Waals surface area contributed by atoms with Gasteiger partial charge in [-0.2, -0.15) is 0 Å². The number of ether oxygens (including phenoxy) is 2. The molecule has 4 rings (SSSR count). The van der Waals surface area contributed by atoms with Crippen molar-refractivity contribution in [3.05, 3.63) is 106 Å². The lowest BCUT2D eigenvalue weighted by atomic mass is 10.2. The lowest BCUT2D eigenvalue weighted by Crippen LogP contribution is -2.07. The molecule has 1 aliphatic heterocycles. The Hall–Kier alpha value is -3.70. The Bertz CT molecular complexity index is 1140. The molecule has 0 N–H and O–H groups in total. The zero-order valence-corrected chi connectivity index (χ0v) is 15.8. The quantitative estimate of drug-likeness (QED) is 0.353. The molecule has 142 valence electrons. The maximum Gasteiger partial charge on any atom is 0.363 e. The van der Waals surface area contributed by atoms with Crippen LogP contribution in [-0.4, -0.2) is 17.8 Å². The van der Waals surface area contributed by atoms with Crippen molar-refractivity contribution in [2.24, 2.45) is 4.99 Å². The number of aliphatic imine (C=N–C) groups is 1. The van der Waals surface area contributed by atoms with Crippen molar-refractivity contribution in [3.63, 3.8) is 0 Å². The van der Waals surface area contributed by atoms with Crippen LogP contribution in [0.25, 0.3) is 6.08 Å². The van der Waals surface area contributed by atoms with Crippen molar-refractivity contribution in [3.8, 4) is 5.75 Å². The largest absolute Gasteiger partial charge is 0.423 e. The van der Waals surface area contributed by atoms with Gasteiger partial charge in [-0.15, -0.1) is 0 Å². The minimum Gasteiger partial charge on any atom is -0.423 e. The molecule has 0 aromatic heterocycles. The Morgan fingerprint density at radius 2 is 1.62 bits per heavy atom. The van der Waals surface area contributed by atoms with Gasteiger partial charge in [-0.1, -0.05) is 54.1 Å². The van der Waals surface area contributed by atoms with Crippen LogP contribution in [0.2, 0.25) is 5.02 Å². The number of nitrogens with zero attached hydrogens (tertiary/aromatic N) is 1. The second kappa shape index (κ2) is 8.12. The smallest absolute Gasteiger partial charge is 0.363 e. The molecule has 29 heavy (non-hydrogen) atoms. The molecule has 6 heteroatoms. The molecule has 5 nitrogen and oxygen atoms in total. The van der Waals surface area contributed by atoms with Gasteiger partial charge in [-0.3, -0.25) is 0 Å². The second-order valence-electron chi connectivity index (χ2n) is 6.14. The molecule has 0 radical (unpaired) electrons. The maximum absolute atomic E-state index is 12.1. The minimum atomic E-state index is -0.556. The van der Waals surface area contributed by atoms with Gasteiger partial charge in [0.25, 0.3) is 0 Å². The van der Waals surface area contributed by atoms with Crippen molar-refractivity contribution in [1.29, 1.82) is 0 Å². The molecular weight excluding hydrogens is 390 g/mol. The lowest BCUT2D eigenvalue weighted by Gasteiger charge is -2.04. The van der Waals surface area contributed by atoms with E-state index in [0.29, 0.717) is 27.5 Å². The number of hydrogen-bond donors (Lipinski definition) is 0. The molecule has 0 spiro atoms. The highest BCUT2D eigenvalue weighted by atomic mass is 35.5. The summed E-state index contributed by atoms with van der Waals surface area (Å²) in [6.07, 6.45) is 1.59. The summed E-state index contributed by atoms with van der Waals surface area (Å²) in [5.74, 6) is -0.430. The van der Waals surface area contributed by atoms with Gasteiger partial charge in [-0.25, -0.2) is 14.6 Å². The third-order valence-electron chi connectivity index (χ3n) is 4.13. The molecule has 0 bridgehead atoms. The van der Waals surface area contributed by atoms with E-state index in [-0.39, 0.29) is 11.6 Å². The Kier molecular flexibility index (Phi) is 5.22. The van der Waals surface area contributed by atoms with E-state index in [1.165, 1.54) is 0 Å². The normalized spacial score (nSPS) is 14.4. The molecule has 0 amide bonds. The van der Waals surface area contributed by atoms with Gasteiger partial charge in [0.2, 0.25) is 5.90 Å². The van der Waals surface area contributed by atoms with Crippen LogP contribution in [0, 0.1) is 0 Å². The average molecular weight is 404 g/mol. The van der Waals surface area contributed by atoms with E-state index < -0.39 is 11.9 Å². The molecule has 0 saturated heterocycles. The molecule has 0 unspecified atom stereocenters. The van der Waals surface area contributed by atoms with Gasteiger partial charge < -0.3 is 9.47 Å². The predicted molar refractivity (Wildman–Crippen MR) is 110 cm³/mol. The standard InChI is InChI=1S/C23H14ClNO4/c24-19-9-5-4-8-18(19)21-25-20(23(27)29-21)14-15-10-12-17(13-11-15)28-22(26)16-6-2-1-3-7-16/h1-14H/b20-14-. The predicted octanol–water partition coefficient (Wildman–Crippen LogP) is 4.90. The van der Waals surface area contributed by atoms with Crippen molar-refractivity contribution in [2.75, 3.05) is 0 Å². The lowest BCUT2D eigenvalue weighted by molar-refractivity contribution is -0.129. The molecule has 0 fully saturated rings. The molecule has 0 aliphatic carbocycles. The van der Waals surface area contributed by atoms with Crippen LogP contribution in [0.15, 0.2) is 89.6 Å². The molecule has 1 heterocycles. The SMILES string of the molecule is O=C1OC(c2ccccc2Cl)=N/C1=C\c1ccc(OC(=O)c2ccccc2)cc1. The number of rotatable bonds is 4. The monoisotopic (exact) mass is 403 g/mol. The number of carbonyl (C=O) groups excluding carboxylic acids is 2. The van der Waals surface area contributed by atoms with Crippen LogP contribution < -0.4 is 4.74 Å². The summed E-state index contributed by atoms with van der Waals surface area (Å²) in [5.41, 5.74) is 1.89. The fourth-order valence-corrected chi connectivity index (χ4v) is 2.91. The summed E-state index contributed by atoms with van der Waals surface area (Å²) in [6.45, 7) is 0. The Labute approximate surface area is 171 Å². The van der Waals surface area contributed by atoms with E-state index >= 15 is 0 Å². The van der Waals surface area contributed by atoms with E-state index in [4.69, 9.17) is 21.1 Å². The number of esters is 2. The zero-order chi connectivity index (χ0) is 20.2. The van der Waals surface area contributed by atoms with Crippen LogP contribution in [-0.2, 0) is 9.53 Å². The molecule has 3 aromatic rings. The van der Waals surface area contributed by atoms with Crippen LogP contribution in [0.3, 0.4) is 0 Å². The van der Waals surface area contributed by atoms with E-state index in [2.05, 4.69) is 4.99 Å². The third-order valence-corrected chi connectivity index (χ3v) is 4.46.